The third kappa shape index (κ3) is 2.25. The fraction of sp³-hybridized carbons (Fsp3) is 0.0714. The van der Waals surface area contributed by atoms with Crippen molar-refractivity contribution in [1.29, 1.82) is 0 Å². The number of benzene rings is 1. The van der Waals surface area contributed by atoms with E-state index in [1.165, 1.54) is 0 Å². The van der Waals surface area contributed by atoms with Crippen molar-refractivity contribution in [2.45, 2.75) is 0 Å². The van der Waals surface area contributed by atoms with Crippen LogP contribution in [-0.2, 0) is 7.05 Å². The van der Waals surface area contributed by atoms with Gasteiger partial charge in [-0.05, 0) is 41.8 Å². The van der Waals surface area contributed by atoms with Gasteiger partial charge in [0.25, 0.3) is 5.91 Å². The van der Waals surface area contributed by atoms with Gasteiger partial charge >= 0.3 is 0 Å². The van der Waals surface area contributed by atoms with Gasteiger partial charge in [0, 0.05) is 17.8 Å². The highest BCUT2D eigenvalue weighted by Gasteiger charge is 2.14. The molecule has 19 heavy (non-hydrogen) atoms. The topological polar surface area (TPSA) is 34.0 Å². The Morgan fingerprint density at radius 1 is 1.26 bits per heavy atom. The number of fused-ring (bicyclic) bond motifs is 1. The first kappa shape index (κ1) is 12.3. The number of nitrogens with one attached hydrogen (secondary N) is 1. The van der Waals surface area contributed by atoms with Gasteiger partial charge < -0.3 is 9.88 Å². The molecule has 0 aliphatic carbocycles. The van der Waals surface area contributed by atoms with Gasteiger partial charge in [-0.25, -0.2) is 0 Å². The van der Waals surface area contributed by atoms with Crippen molar-refractivity contribution in [3.05, 3.63) is 52.5 Å². The Morgan fingerprint density at radius 2 is 2.00 bits per heavy atom. The molecule has 1 aromatic carbocycles. The number of hydrogen-bond donors (Lipinski definition) is 1. The van der Waals surface area contributed by atoms with E-state index < -0.39 is 0 Å². The van der Waals surface area contributed by atoms with Crippen molar-refractivity contribution in [2.75, 3.05) is 5.32 Å². The molecule has 3 aromatic rings. The van der Waals surface area contributed by atoms with E-state index in [1.54, 1.807) is 35.6 Å². The minimum Gasteiger partial charge on any atom is -0.339 e. The minimum atomic E-state index is -0.117. The van der Waals surface area contributed by atoms with Gasteiger partial charge in [0.1, 0.15) is 5.69 Å². The van der Waals surface area contributed by atoms with Crippen molar-refractivity contribution in [1.82, 2.24) is 4.57 Å². The molecular formula is C14H11ClN2OS. The minimum absolute atomic E-state index is 0.117. The van der Waals surface area contributed by atoms with Crippen LogP contribution in [0, 0.1) is 0 Å². The van der Waals surface area contributed by atoms with E-state index in [0.717, 1.165) is 15.9 Å². The fourth-order valence-corrected chi connectivity index (χ4v) is 2.97. The van der Waals surface area contributed by atoms with E-state index in [0.29, 0.717) is 10.7 Å². The molecule has 96 valence electrons. The molecule has 0 atom stereocenters. The lowest BCUT2D eigenvalue weighted by Crippen LogP contribution is -2.15. The number of carbonyl (C=O) groups excluding carboxylic acids is 1. The highest BCUT2D eigenvalue weighted by Crippen LogP contribution is 2.24. The smallest absolute Gasteiger partial charge is 0.272 e. The fourth-order valence-electron chi connectivity index (χ4n) is 2.00. The number of nitrogens with zero attached hydrogens (tertiary/aromatic N) is 1. The number of hydrogen-bond acceptors (Lipinski definition) is 2. The van der Waals surface area contributed by atoms with Crippen LogP contribution in [-0.4, -0.2) is 10.5 Å². The molecule has 3 rings (SSSR count). The molecule has 1 N–H and O–H groups in total. The molecule has 0 unspecified atom stereocenters. The molecular weight excluding hydrogens is 280 g/mol. The SMILES string of the molecule is Cn1c(C(=O)Nc2ccc(Cl)cc2)cc2sccc21. The van der Waals surface area contributed by atoms with Gasteiger partial charge in [0.2, 0.25) is 0 Å². The summed E-state index contributed by atoms with van der Waals surface area (Å²) in [7, 11) is 1.89. The van der Waals surface area contributed by atoms with Crippen LogP contribution < -0.4 is 5.32 Å². The normalized spacial score (nSPS) is 10.8. The lowest BCUT2D eigenvalue weighted by atomic mass is 10.3. The zero-order chi connectivity index (χ0) is 13.4. The summed E-state index contributed by atoms with van der Waals surface area (Å²) in [5, 5.41) is 5.53. The summed E-state index contributed by atoms with van der Waals surface area (Å²) in [5.41, 5.74) is 2.46. The van der Waals surface area contributed by atoms with Crippen molar-refractivity contribution in [3.63, 3.8) is 0 Å². The molecule has 0 fully saturated rings. The van der Waals surface area contributed by atoms with Crippen molar-refractivity contribution >= 4 is 44.7 Å². The summed E-state index contributed by atoms with van der Waals surface area (Å²) in [5.74, 6) is -0.117. The van der Waals surface area contributed by atoms with Crippen LogP contribution in [0.1, 0.15) is 10.5 Å². The van der Waals surface area contributed by atoms with E-state index in [9.17, 15) is 4.79 Å². The Balaban J connectivity index is 1.89. The molecule has 0 aliphatic heterocycles. The Kier molecular flexibility index (Phi) is 3.05. The van der Waals surface area contributed by atoms with Crippen molar-refractivity contribution < 1.29 is 4.79 Å². The molecule has 2 aromatic heterocycles. The summed E-state index contributed by atoms with van der Waals surface area (Å²) >= 11 is 7.44. The number of halogens is 1. The Labute approximate surface area is 119 Å². The zero-order valence-electron chi connectivity index (χ0n) is 10.2. The van der Waals surface area contributed by atoms with Crippen molar-refractivity contribution in [2.24, 2.45) is 7.05 Å². The number of aryl methyl sites for hydroxylation is 1. The number of anilines is 1. The number of rotatable bonds is 2. The van der Waals surface area contributed by atoms with E-state index in [2.05, 4.69) is 5.32 Å². The monoisotopic (exact) mass is 290 g/mol. The maximum atomic E-state index is 12.2. The third-order valence-corrected chi connectivity index (χ3v) is 4.10. The Hall–Kier alpha value is -1.78. The zero-order valence-corrected chi connectivity index (χ0v) is 11.8. The maximum absolute atomic E-state index is 12.2. The number of amides is 1. The lowest BCUT2D eigenvalue weighted by molar-refractivity contribution is 0.102. The Bertz CT molecular complexity index is 742. The molecule has 0 saturated carbocycles. The average molecular weight is 291 g/mol. The molecule has 0 bridgehead atoms. The van der Waals surface area contributed by atoms with E-state index >= 15 is 0 Å². The standard InChI is InChI=1S/C14H11ClN2OS/c1-17-11-6-7-19-13(11)8-12(17)14(18)16-10-4-2-9(15)3-5-10/h2-8H,1H3,(H,16,18). The van der Waals surface area contributed by atoms with Crippen LogP contribution >= 0.6 is 22.9 Å². The summed E-state index contributed by atoms with van der Waals surface area (Å²) in [4.78, 5) is 12.2. The third-order valence-electron chi connectivity index (χ3n) is 3.00. The average Bonchev–Trinajstić information content (AvgIpc) is 2.96. The summed E-state index contributed by atoms with van der Waals surface area (Å²) in [6.45, 7) is 0. The first-order valence-corrected chi connectivity index (χ1v) is 7.01. The van der Waals surface area contributed by atoms with Crippen LogP contribution in [0.2, 0.25) is 5.02 Å². The second kappa shape index (κ2) is 4.72. The summed E-state index contributed by atoms with van der Waals surface area (Å²) < 4.78 is 3.01. The van der Waals surface area contributed by atoms with Crippen LogP contribution in [0.15, 0.2) is 41.8 Å². The molecule has 5 heteroatoms. The molecule has 0 aliphatic rings. The summed E-state index contributed by atoms with van der Waals surface area (Å²) in [6.07, 6.45) is 0. The van der Waals surface area contributed by atoms with Gasteiger partial charge in [-0.3, -0.25) is 4.79 Å². The predicted molar refractivity (Wildman–Crippen MR) is 80.2 cm³/mol. The maximum Gasteiger partial charge on any atom is 0.272 e. The predicted octanol–water partition coefficient (Wildman–Crippen LogP) is 4.15. The highest BCUT2D eigenvalue weighted by molar-refractivity contribution is 7.17. The largest absolute Gasteiger partial charge is 0.339 e. The van der Waals surface area contributed by atoms with Gasteiger partial charge in [0.05, 0.1) is 10.2 Å². The van der Waals surface area contributed by atoms with Gasteiger partial charge in [-0.2, -0.15) is 0 Å². The van der Waals surface area contributed by atoms with E-state index in [1.807, 2.05) is 29.1 Å². The second-order valence-corrected chi connectivity index (χ2v) is 5.60. The van der Waals surface area contributed by atoms with Crippen LogP contribution in [0.3, 0.4) is 0 Å². The van der Waals surface area contributed by atoms with Gasteiger partial charge in [-0.1, -0.05) is 11.6 Å². The molecule has 2 heterocycles. The second-order valence-electron chi connectivity index (χ2n) is 4.22. The Morgan fingerprint density at radius 3 is 2.68 bits per heavy atom. The number of carbonyl (C=O) groups is 1. The first-order valence-electron chi connectivity index (χ1n) is 5.75. The molecule has 0 spiro atoms. The molecule has 0 saturated heterocycles. The lowest BCUT2D eigenvalue weighted by Gasteiger charge is -2.06. The molecule has 0 radical (unpaired) electrons. The van der Waals surface area contributed by atoms with Crippen LogP contribution in [0.5, 0.6) is 0 Å². The molecule has 1 amide bonds. The number of aromatic nitrogens is 1. The summed E-state index contributed by atoms with van der Waals surface area (Å²) in [6, 6.07) is 11.0. The molecule has 3 nitrogen and oxygen atoms in total. The van der Waals surface area contributed by atoms with Crippen LogP contribution in [0.4, 0.5) is 5.69 Å². The van der Waals surface area contributed by atoms with Gasteiger partial charge in [0.15, 0.2) is 0 Å². The van der Waals surface area contributed by atoms with E-state index in [4.69, 9.17) is 11.6 Å². The van der Waals surface area contributed by atoms with Crippen molar-refractivity contribution in [3.8, 4) is 0 Å². The van der Waals surface area contributed by atoms with Gasteiger partial charge in [-0.15, -0.1) is 11.3 Å². The number of thiophene rings is 1. The quantitative estimate of drug-likeness (QED) is 0.756. The first-order chi connectivity index (χ1) is 9.15. The van der Waals surface area contributed by atoms with Crippen LogP contribution in [0.25, 0.3) is 10.2 Å². The highest BCUT2D eigenvalue weighted by atomic mass is 35.5. The van der Waals surface area contributed by atoms with E-state index in [-0.39, 0.29) is 5.91 Å².